The Kier molecular flexibility index (Phi) is 2.38. The van der Waals surface area contributed by atoms with Crippen molar-refractivity contribution in [2.24, 2.45) is 0 Å². The molecule has 4 heteroatoms. The smallest absolute Gasteiger partial charge is 0.115 e. The van der Waals surface area contributed by atoms with Crippen LogP contribution in [0, 0.1) is 4.78 Å². The fourth-order valence-electron chi connectivity index (χ4n) is 0.833. The summed E-state index contributed by atoms with van der Waals surface area (Å²) in [5.74, 6) is 0.433. The minimum Gasteiger partial charge on any atom is -0.508 e. The van der Waals surface area contributed by atoms with Gasteiger partial charge in [0.05, 0.1) is 9.73 Å². The monoisotopic (exact) mass is 185 g/mol. The molecule has 0 bridgehead atoms. The highest BCUT2D eigenvalue weighted by atomic mass is 32.2. The van der Waals surface area contributed by atoms with Gasteiger partial charge in [-0.2, -0.15) is 0 Å². The topological polar surface area (TPSA) is 61.2 Å². The van der Waals surface area contributed by atoms with Gasteiger partial charge in [0.2, 0.25) is 0 Å². The van der Waals surface area contributed by atoms with E-state index in [0.29, 0.717) is 10.6 Å². The Morgan fingerprint density at radius 2 is 1.92 bits per heavy atom. The Bertz CT molecular complexity index is 353. The van der Waals surface area contributed by atoms with E-state index in [1.54, 1.807) is 6.92 Å². The summed E-state index contributed by atoms with van der Waals surface area (Å²) in [6, 6.07) is 5.93. The molecule has 0 heterocycles. The van der Waals surface area contributed by atoms with Crippen molar-refractivity contribution in [1.82, 2.24) is 0 Å². The minimum atomic E-state index is -2.63. The number of rotatable bonds is 2. The van der Waals surface area contributed by atoms with Crippen molar-refractivity contribution >= 4 is 9.73 Å². The Morgan fingerprint density at radius 3 is 2.33 bits per heavy atom. The molecular weight excluding hydrogens is 174 g/mol. The van der Waals surface area contributed by atoms with Crippen LogP contribution in [0.3, 0.4) is 0 Å². The van der Waals surface area contributed by atoms with E-state index in [9.17, 15) is 4.21 Å². The lowest BCUT2D eigenvalue weighted by atomic mass is 10.3. The zero-order valence-electron chi connectivity index (χ0n) is 6.78. The molecule has 0 amide bonds. The highest BCUT2D eigenvalue weighted by Gasteiger charge is 2.05. The molecule has 0 spiro atoms. The van der Waals surface area contributed by atoms with Gasteiger partial charge in [-0.15, -0.1) is 0 Å². The Labute approximate surface area is 72.0 Å². The highest BCUT2D eigenvalue weighted by molar-refractivity contribution is 7.92. The van der Waals surface area contributed by atoms with Crippen molar-refractivity contribution in [2.75, 3.05) is 5.75 Å². The molecule has 66 valence electrons. The van der Waals surface area contributed by atoms with Crippen molar-refractivity contribution in [2.45, 2.75) is 11.8 Å². The van der Waals surface area contributed by atoms with Crippen LogP contribution in [0.5, 0.6) is 5.75 Å². The van der Waals surface area contributed by atoms with E-state index in [2.05, 4.69) is 0 Å². The average molecular weight is 185 g/mol. The molecule has 0 saturated heterocycles. The summed E-state index contributed by atoms with van der Waals surface area (Å²) in [4.78, 5) is 0.475. The van der Waals surface area contributed by atoms with Crippen LogP contribution in [0.1, 0.15) is 6.92 Å². The summed E-state index contributed by atoms with van der Waals surface area (Å²) < 4.78 is 18.9. The molecule has 0 saturated carbocycles. The van der Waals surface area contributed by atoms with E-state index >= 15 is 0 Å². The number of hydrogen-bond acceptors (Lipinski definition) is 3. The first kappa shape index (κ1) is 9.06. The molecule has 1 rings (SSSR count). The number of phenolic OH excluding ortho intramolecular Hbond substituents is 1. The van der Waals surface area contributed by atoms with Gasteiger partial charge >= 0.3 is 0 Å². The zero-order valence-corrected chi connectivity index (χ0v) is 7.60. The molecule has 0 aliphatic heterocycles. The van der Waals surface area contributed by atoms with Gasteiger partial charge in [-0.3, -0.25) is 0 Å². The average Bonchev–Trinajstić information content (AvgIpc) is 2.05. The predicted octanol–water partition coefficient (Wildman–Crippen LogP) is 1.82. The third-order valence-corrected chi connectivity index (χ3v) is 3.47. The van der Waals surface area contributed by atoms with Crippen molar-refractivity contribution in [1.29, 1.82) is 4.78 Å². The quantitative estimate of drug-likeness (QED) is 0.738. The molecule has 0 unspecified atom stereocenters. The van der Waals surface area contributed by atoms with Gasteiger partial charge < -0.3 is 5.11 Å². The maximum absolute atomic E-state index is 11.5. The molecule has 12 heavy (non-hydrogen) atoms. The molecule has 2 N–H and O–H groups in total. The van der Waals surface area contributed by atoms with Crippen LogP contribution < -0.4 is 0 Å². The van der Waals surface area contributed by atoms with E-state index in [4.69, 9.17) is 9.89 Å². The van der Waals surface area contributed by atoms with Crippen molar-refractivity contribution < 1.29 is 9.32 Å². The van der Waals surface area contributed by atoms with Crippen LogP contribution in [-0.2, 0) is 9.73 Å². The second-order valence-corrected chi connectivity index (χ2v) is 4.86. The normalized spacial score (nSPS) is 15.4. The second kappa shape index (κ2) is 3.15. The third-order valence-electron chi connectivity index (χ3n) is 1.62. The first-order chi connectivity index (χ1) is 5.56. The summed E-state index contributed by atoms with van der Waals surface area (Å²) in [7, 11) is -2.63. The van der Waals surface area contributed by atoms with E-state index in [-0.39, 0.29) is 5.75 Å². The van der Waals surface area contributed by atoms with Gasteiger partial charge in [-0.05, 0) is 24.3 Å². The molecule has 1 atom stereocenters. The maximum Gasteiger partial charge on any atom is 0.115 e. The van der Waals surface area contributed by atoms with Gasteiger partial charge in [0, 0.05) is 10.6 Å². The predicted molar refractivity (Wildman–Crippen MR) is 47.8 cm³/mol. The fraction of sp³-hybridized carbons (Fsp3) is 0.250. The summed E-state index contributed by atoms with van der Waals surface area (Å²) in [6.45, 7) is 1.71. The Hall–Kier alpha value is -1.03. The molecule has 3 nitrogen and oxygen atoms in total. The van der Waals surface area contributed by atoms with E-state index in [1.165, 1.54) is 24.3 Å². The first-order valence-corrected chi connectivity index (χ1v) is 5.34. The number of phenols is 1. The van der Waals surface area contributed by atoms with Crippen molar-refractivity contribution in [3.05, 3.63) is 24.3 Å². The van der Waals surface area contributed by atoms with Gasteiger partial charge in [0.1, 0.15) is 5.75 Å². The lowest BCUT2D eigenvalue weighted by Crippen LogP contribution is -2.00. The van der Waals surface area contributed by atoms with E-state index in [0.717, 1.165) is 0 Å². The maximum atomic E-state index is 11.5. The largest absolute Gasteiger partial charge is 0.508 e. The van der Waals surface area contributed by atoms with Gasteiger partial charge in [0.25, 0.3) is 0 Å². The fourth-order valence-corrected chi connectivity index (χ4v) is 1.74. The molecule has 0 aliphatic carbocycles. The summed E-state index contributed by atoms with van der Waals surface area (Å²) in [5, 5.41) is 8.94. The van der Waals surface area contributed by atoms with Gasteiger partial charge in [0.15, 0.2) is 0 Å². The van der Waals surface area contributed by atoms with Crippen LogP contribution in [0.4, 0.5) is 0 Å². The standard InChI is InChI=1S/C8H11NO2S/c1-2-12(9,11)8-5-3-7(10)4-6-8/h3-6,9-10H,2H2,1H3/t12-/m1/s1. The Morgan fingerprint density at radius 1 is 1.42 bits per heavy atom. The Balaban J connectivity index is 3.14. The molecule has 0 radical (unpaired) electrons. The lowest BCUT2D eigenvalue weighted by molar-refractivity contribution is 0.475. The molecule has 1 aromatic rings. The van der Waals surface area contributed by atoms with Crippen LogP contribution in [0.25, 0.3) is 0 Å². The summed E-state index contributed by atoms with van der Waals surface area (Å²) in [6.07, 6.45) is 0. The van der Waals surface area contributed by atoms with Crippen LogP contribution in [-0.4, -0.2) is 15.1 Å². The van der Waals surface area contributed by atoms with E-state index in [1.807, 2.05) is 0 Å². The molecule has 0 fully saturated rings. The van der Waals surface area contributed by atoms with Crippen LogP contribution >= 0.6 is 0 Å². The zero-order chi connectivity index (χ0) is 9.19. The molecule has 0 aliphatic rings. The van der Waals surface area contributed by atoms with Crippen LogP contribution in [0.15, 0.2) is 29.2 Å². The molecule has 1 aromatic carbocycles. The second-order valence-electron chi connectivity index (χ2n) is 2.46. The summed E-state index contributed by atoms with van der Waals surface area (Å²) >= 11 is 0. The third kappa shape index (κ3) is 1.76. The molecule has 0 aromatic heterocycles. The number of aromatic hydroxyl groups is 1. The van der Waals surface area contributed by atoms with E-state index < -0.39 is 9.73 Å². The van der Waals surface area contributed by atoms with Crippen LogP contribution in [0.2, 0.25) is 0 Å². The van der Waals surface area contributed by atoms with Crippen molar-refractivity contribution in [3.63, 3.8) is 0 Å². The number of hydrogen-bond donors (Lipinski definition) is 2. The van der Waals surface area contributed by atoms with Gasteiger partial charge in [-0.1, -0.05) is 6.92 Å². The minimum absolute atomic E-state index is 0.130. The first-order valence-electron chi connectivity index (χ1n) is 3.62. The van der Waals surface area contributed by atoms with Crippen molar-refractivity contribution in [3.8, 4) is 5.75 Å². The summed E-state index contributed by atoms with van der Waals surface area (Å²) in [5.41, 5.74) is 0. The number of nitrogens with one attached hydrogen (secondary N) is 1. The van der Waals surface area contributed by atoms with Gasteiger partial charge in [-0.25, -0.2) is 8.99 Å². The lowest BCUT2D eigenvalue weighted by Gasteiger charge is -2.03. The number of benzene rings is 1. The highest BCUT2D eigenvalue weighted by Crippen LogP contribution is 2.15. The SMILES string of the molecule is CC[S@@](=N)(=O)c1ccc(O)cc1. The molecular formula is C8H11NO2S.